The SMILES string of the molecule is O=C1N[C@H]2[C@H](CS[C@H]2CCCC(C(=O)O)C(=O)CCCCCN(O)N2C(=O)CCC2=O)N1. The first-order valence-corrected chi connectivity index (χ1v) is 12.1. The van der Waals surface area contributed by atoms with E-state index in [-0.39, 0.29) is 61.4 Å². The number of ketones is 1. The maximum atomic E-state index is 12.4. The molecule has 1 unspecified atom stereocenters. The van der Waals surface area contributed by atoms with Gasteiger partial charge in [-0.25, -0.2) is 4.79 Å². The molecule has 0 saturated carbocycles. The summed E-state index contributed by atoms with van der Waals surface area (Å²) in [5, 5.41) is 26.7. The number of urea groups is 1. The van der Waals surface area contributed by atoms with Crippen molar-refractivity contribution in [3.63, 3.8) is 0 Å². The van der Waals surface area contributed by atoms with Crippen LogP contribution in [0.4, 0.5) is 4.79 Å². The molecule has 0 bridgehead atoms. The fraction of sp³-hybridized carbons (Fsp3) is 0.750. The molecule has 11 nitrogen and oxygen atoms in total. The molecule has 0 aliphatic carbocycles. The highest BCUT2D eigenvalue weighted by Crippen LogP contribution is 2.33. The molecule has 4 N–H and O–H groups in total. The van der Waals surface area contributed by atoms with E-state index in [9.17, 15) is 34.3 Å². The van der Waals surface area contributed by atoms with Gasteiger partial charge in [0, 0.05) is 36.8 Å². The monoisotopic (exact) mass is 470 g/mol. The van der Waals surface area contributed by atoms with Crippen LogP contribution in [0.3, 0.4) is 0 Å². The average molecular weight is 471 g/mol. The van der Waals surface area contributed by atoms with E-state index in [2.05, 4.69) is 10.6 Å². The van der Waals surface area contributed by atoms with Crippen LogP contribution in [-0.2, 0) is 19.2 Å². The van der Waals surface area contributed by atoms with Crippen molar-refractivity contribution >= 4 is 41.4 Å². The number of hydrazine groups is 1. The number of nitrogens with one attached hydrogen (secondary N) is 2. The lowest BCUT2D eigenvalue weighted by atomic mass is 9.92. The zero-order chi connectivity index (χ0) is 23.3. The third kappa shape index (κ3) is 5.99. The fourth-order valence-corrected chi connectivity index (χ4v) is 5.96. The van der Waals surface area contributed by atoms with E-state index in [0.29, 0.717) is 30.9 Å². The number of carboxylic acids is 1. The number of carbonyl (C=O) groups is 5. The van der Waals surface area contributed by atoms with E-state index < -0.39 is 23.7 Å². The summed E-state index contributed by atoms with van der Waals surface area (Å²) in [7, 11) is 0. The molecule has 178 valence electrons. The summed E-state index contributed by atoms with van der Waals surface area (Å²) in [4.78, 5) is 58.6. The molecule has 3 aliphatic rings. The Morgan fingerprint density at radius 3 is 2.50 bits per heavy atom. The van der Waals surface area contributed by atoms with Crippen molar-refractivity contribution in [3.05, 3.63) is 0 Å². The van der Waals surface area contributed by atoms with Crippen LogP contribution < -0.4 is 10.6 Å². The van der Waals surface area contributed by atoms with Crippen LogP contribution in [0.25, 0.3) is 0 Å². The van der Waals surface area contributed by atoms with E-state index in [4.69, 9.17) is 0 Å². The molecule has 3 saturated heterocycles. The highest BCUT2D eigenvalue weighted by atomic mass is 32.2. The van der Waals surface area contributed by atoms with Gasteiger partial charge in [0.05, 0.1) is 12.1 Å². The largest absolute Gasteiger partial charge is 0.481 e. The maximum Gasteiger partial charge on any atom is 0.315 e. The van der Waals surface area contributed by atoms with E-state index >= 15 is 0 Å². The molecule has 4 atom stereocenters. The third-order valence-corrected chi connectivity index (χ3v) is 7.65. The number of hydroxylamine groups is 1. The fourth-order valence-electron chi connectivity index (χ4n) is 4.41. The topological polar surface area (TPSA) is 156 Å². The Balaban J connectivity index is 1.32. The highest BCUT2D eigenvalue weighted by molar-refractivity contribution is 8.00. The summed E-state index contributed by atoms with van der Waals surface area (Å²) in [6, 6.07) is 0.0153. The van der Waals surface area contributed by atoms with Crippen LogP contribution in [0.5, 0.6) is 0 Å². The molecule has 0 spiro atoms. The number of unbranched alkanes of at least 4 members (excludes halogenated alkanes) is 2. The summed E-state index contributed by atoms with van der Waals surface area (Å²) < 4.78 is 0. The number of rotatable bonds is 13. The first-order chi connectivity index (χ1) is 15.3. The summed E-state index contributed by atoms with van der Waals surface area (Å²) in [6.45, 7) is 0.0840. The van der Waals surface area contributed by atoms with E-state index in [1.54, 1.807) is 11.8 Å². The Hall–Kier alpha value is -2.18. The van der Waals surface area contributed by atoms with Gasteiger partial charge in [0.2, 0.25) is 11.8 Å². The summed E-state index contributed by atoms with van der Waals surface area (Å²) in [5.74, 6) is -2.50. The van der Waals surface area contributed by atoms with Crippen LogP contribution in [-0.4, -0.2) is 79.7 Å². The maximum absolute atomic E-state index is 12.4. The summed E-state index contributed by atoms with van der Waals surface area (Å²) >= 11 is 1.76. The van der Waals surface area contributed by atoms with Gasteiger partial charge in [-0.1, -0.05) is 18.0 Å². The number of hydrogen-bond donors (Lipinski definition) is 4. The van der Waals surface area contributed by atoms with Crippen LogP contribution in [0.15, 0.2) is 0 Å². The minimum Gasteiger partial charge on any atom is -0.481 e. The van der Waals surface area contributed by atoms with Crippen molar-refractivity contribution in [2.45, 2.75) is 75.1 Å². The van der Waals surface area contributed by atoms with Crippen LogP contribution in [0.1, 0.15) is 57.8 Å². The number of fused-ring (bicyclic) bond motifs is 1. The molecule has 12 heteroatoms. The van der Waals surface area contributed by atoms with Crippen LogP contribution in [0, 0.1) is 5.92 Å². The number of hydrogen-bond acceptors (Lipinski definition) is 8. The van der Waals surface area contributed by atoms with Crippen molar-refractivity contribution in [3.8, 4) is 0 Å². The van der Waals surface area contributed by atoms with Gasteiger partial charge in [-0.05, 0) is 25.7 Å². The van der Waals surface area contributed by atoms with E-state index in [1.807, 2.05) is 0 Å². The molecule has 4 amide bonds. The number of carboxylic acid groups (broad SMARTS) is 1. The zero-order valence-corrected chi connectivity index (χ0v) is 18.6. The minimum absolute atomic E-state index is 0.0590. The molecule has 0 aromatic carbocycles. The molecule has 0 aromatic rings. The second-order valence-corrected chi connectivity index (χ2v) is 9.69. The Bertz CT molecular complexity index is 748. The summed E-state index contributed by atoms with van der Waals surface area (Å²) in [5.41, 5.74) is 0. The molecule has 0 aromatic heterocycles. The van der Waals surface area contributed by atoms with Crippen molar-refractivity contribution < 1.29 is 34.3 Å². The van der Waals surface area contributed by atoms with Crippen molar-refractivity contribution in [1.82, 2.24) is 20.8 Å². The lowest BCUT2D eigenvalue weighted by Crippen LogP contribution is -2.44. The second kappa shape index (κ2) is 11.1. The highest BCUT2D eigenvalue weighted by Gasteiger charge is 2.42. The smallest absolute Gasteiger partial charge is 0.315 e. The van der Waals surface area contributed by atoms with Gasteiger partial charge >= 0.3 is 12.0 Å². The van der Waals surface area contributed by atoms with E-state index in [1.165, 1.54) is 0 Å². The van der Waals surface area contributed by atoms with Crippen molar-refractivity contribution in [2.75, 3.05) is 12.3 Å². The van der Waals surface area contributed by atoms with Gasteiger partial charge in [-0.3, -0.25) is 24.4 Å². The third-order valence-electron chi connectivity index (χ3n) is 6.14. The predicted octanol–water partition coefficient (Wildman–Crippen LogP) is 0.908. The molecular weight excluding hydrogens is 440 g/mol. The quantitative estimate of drug-likeness (QED) is 0.101. The van der Waals surface area contributed by atoms with Gasteiger partial charge in [0.1, 0.15) is 11.7 Å². The lowest BCUT2D eigenvalue weighted by Gasteiger charge is -2.23. The Labute approximate surface area is 190 Å². The molecule has 0 radical (unpaired) electrons. The van der Waals surface area contributed by atoms with Crippen LogP contribution in [0.2, 0.25) is 0 Å². The number of amides is 4. The molecule has 3 heterocycles. The zero-order valence-electron chi connectivity index (χ0n) is 17.8. The number of carbonyl (C=O) groups excluding carboxylic acids is 4. The number of nitrogens with zero attached hydrogens (tertiary/aromatic N) is 2. The first kappa shape index (κ1) is 24.5. The van der Waals surface area contributed by atoms with Crippen molar-refractivity contribution in [2.24, 2.45) is 5.92 Å². The lowest BCUT2D eigenvalue weighted by molar-refractivity contribution is -0.231. The Morgan fingerprint density at radius 1 is 1.09 bits per heavy atom. The first-order valence-electron chi connectivity index (χ1n) is 11.0. The molecule has 3 rings (SSSR count). The number of thioether (sulfide) groups is 1. The van der Waals surface area contributed by atoms with Gasteiger partial charge in [-0.15, -0.1) is 0 Å². The van der Waals surface area contributed by atoms with Crippen LogP contribution >= 0.6 is 11.8 Å². The average Bonchev–Trinajstić information content (AvgIpc) is 3.38. The Morgan fingerprint density at radius 2 is 1.81 bits per heavy atom. The standard InChI is InChI=1S/C20H30N4O7S/c25-14(6-2-1-3-10-23(31)24-16(26)8-9-17(24)27)12(19(28)29)5-4-7-15-18-13(11-32-15)21-20(30)22-18/h12-13,15,18,31H,1-11H2,(H,28,29)(H2,21,22,30)/t12?,13-,15-,18-/m0/s1. The molecule has 3 fully saturated rings. The molecule has 32 heavy (non-hydrogen) atoms. The molecular formula is C20H30N4O7S. The number of imide groups is 1. The number of Topliss-reactive ketones (excluding diaryl/α,β-unsaturated/α-hetero) is 1. The molecule has 3 aliphatic heterocycles. The van der Waals surface area contributed by atoms with Crippen molar-refractivity contribution in [1.29, 1.82) is 0 Å². The second-order valence-electron chi connectivity index (χ2n) is 8.42. The predicted molar refractivity (Wildman–Crippen MR) is 114 cm³/mol. The minimum atomic E-state index is -1.12. The Kier molecular flexibility index (Phi) is 8.49. The van der Waals surface area contributed by atoms with E-state index in [0.717, 1.165) is 17.2 Å². The summed E-state index contributed by atoms with van der Waals surface area (Å²) in [6.07, 6.45) is 3.40. The number of aliphatic carboxylic acids is 1. The van der Waals surface area contributed by atoms with Gasteiger partial charge < -0.3 is 15.7 Å². The van der Waals surface area contributed by atoms with Gasteiger partial charge in [-0.2, -0.15) is 16.8 Å². The van der Waals surface area contributed by atoms with Gasteiger partial charge in [0.25, 0.3) is 0 Å². The van der Waals surface area contributed by atoms with Gasteiger partial charge in [0.15, 0.2) is 0 Å². The normalized spacial score (nSPS) is 25.8.